The Bertz CT molecular complexity index is 441. The van der Waals surface area contributed by atoms with E-state index in [0.717, 1.165) is 12.8 Å². The van der Waals surface area contributed by atoms with Gasteiger partial charge in [-0.15, -0.1) is 13.2 Å². The van der Waals surface area contributed by atoms with Crippen molar-refractivity contribution in [3.63, 3.8) is 0 Å². The summed E-state index contributed by atoms with van der Waals surface area (Å²) < 4.78 is 40.3. The van der Waals surface area contributed by atoms with Gasteiger partial charge in [0.05, 0.1) is 5.69 Å². The number of rotatable bonds is 4. The standard InChI is InChI=1S/C12H12F3NO2/c13-12(14,15)18-10-4-2-1-3-9(10)16-11(17)7-8-5-6-8/h1-4,8H,5-7H2,(H,16,17). The predicted octanol–water partition coefficient (Wildman–Crippen LogP) is 3.32. The van der Waals surface area contributed by atoms with Crippen molar-refractivity contribution < 1.29 is 22.7 Å². The average Bonchev–Trinajstić information content (AvgIpc) is 3.02. The summed E-state index contributed by atoms with van der Waals surface area (Å²) in [4.78, 5) is 11.5. The Morgan fingerprint density at radius 2 is 2.00 bits per heavy atom. The molecule has 0 radical (unpaired) electrons. The lowest BCUT2D eigenvalue weighted by molar-refractivity contribution is -0.274. The zero-order valence-corrected chi connectivity index (χ0v) is 9.46. The monoisotopic (exact) mass is 259 g/mol. The Labute approximate surface area is 102 Å². The fourth-order valence-corrected chi connectivity index (χ4v) is 1.57. The summed E-state index contributed by atoms with van der Waals surface area (Å²) in [7, 11) is 0. The summed E-state index contributed by atoms with van der Waals surface area (Å²) in [5.74, 6) is -0.300. The van der Waals surface area contributed by atoms with Crippen molar-refractivity contribution in [1.29, 1.82) is 0 Å². The van der Waals surface area contributed by atoms with Crippen molar-refractivity contribution in [2.24, 2.45) is 5.92 Å². The van der Waals surface area contributed by atoms with E-state index in [2.05, 4.69) is 10.1 Å². The Hall–Kier alpha value is -1.72. The van der Waals surface area contributed by atoms with Gasteiger partial charge < -0.3 is 10.1 Å². The van der Waals surface area contributed by atoms with Crippen LogP contribution in [0, 0.1) is 5.92 Å². The number of hydrogen-bond acceptors (Lipinski definition) is 2. The van der Waals surface area contributed by atoms with Gasteiger partial charge in [-0.3, -0.25) is 4.79 Å². The third-order valence-electron chi connectivity index (χ3n) is 2.56. The molecule has 0 aromatic heterocycles. The first kappa shape index (κ1) is 12.7. The molecule has 0 unspecified atom stereocenters. The topological polar surface area (TPSA) is 38.3 Å². The van der Waals surface area contributed by atoms with Crippen LogP contribution in [-0.2, 0) is 4.79 Å². The van der Waals surface area contributed by atoms with Crippen LogP contribution < -0.4 is 10.1 Å². The Morgan fingerprint density at radius 1 is 1.33 bits per heavy atom. The minimum absolute atomic E-state index is 0.0421. The molecule has 18 heavy (non-hydrogen) atoms. The van der Waals surface area contributed by atoms with E-state index in [1.54, 1.807) is 0 Å². The highest BCUT2D eigenvalue weighted by atomic mass is 19.4. The molecule has 0 heterocycles. The summed E-state index contributed by atoms with van der Waals surface area (Å²) in [6.45, 7) is 0. The van der Waals surface area contributed by atoms with Gasteiger partial charge in [-0.2, -0.15) is 0 Å². The molecule has 3 nitrogen and oxygen atoms in total. The van der Waals surface area contributed by atoms with Crippen LogP contribution in [0.5, 0.6) is 5.75 Å². The molecule has 1 aliphatic rings. The van der Waals surface area contributed by atoms with Gasteiger partial charge in [0.15, 0.2) is 5.75 Å². The quantitative estimate of drug-likeness (QED) is 0.900. The van der Waals surface area contributed by atoms with Gasteiger partial charge in [-0.05, 0) is 30.9 Å². The van der Waals surface area contributed by atoms with E-state index in [-0.39, 0.29) is 11.6 Å². The molecule has 98 valence electrons. The largest absolute Gasteiger partial charge is 0.573 e. The number of benzene rings is 1. The fraction of sp³-hybridized carbons (Fsp3) is 0.417. The van der Waals surface area contributed by atoms with Crippen molar-refractivity contribution in [2.45, 2.75) is 25.6 Å². The number of anilines is 1. The highest BCUT2D eigenvalue weighted by molar-refractivity contribution is 5.92. The predicted molar refractivity (Wildman–Crippen MR) is 59.1 cm³/mol. The summed E-state index contributed by atoms with van der Waals surface area (Å²) in [6, 6.07) is 5.50. The summed E-state index contributed by atoms with van der Waals surface area (Å²) in [5, 5.41) is 2.44. The maximum absolute atomic E-state index is 12.1. The van der Waals surface area contributed by atoms with Crippen molar-refractivity contribution >= 4 is 11.6 Å². The Balaban J connectivity index is 2.04. The molecule has 1 fully saturated rings. The van der Waals surface area contributed by atoms with Crippen LogP contribution in [0.2, 0.25) is 0 Å². The minimum Gasteiger partial charge on any atom is -0.404 e. The van der Waals surface area contributed by atoms with E-state index in [9.17, 15) is 18.0 Å². The number of carbonyl (C=O) groups is 1. The molecule has 0 spiro atoms. The van der Waals surface area contributed by atoms with E-state index >= 15 is 0 Å². The normalized spacial score (nSPS) is 15.3. The van der Waals surface area contributed by atoms with Crippen LogP contribution in [-0.4, -0.2) is 12.3 Å². The van der Waals surface area contributed by atoms with Crippen molar-refractivity contribution in [1.82, 2.24) is 0 Å². The molecule has 0 atom stereocenters. The van der Waals surface area contributed by atoms with E-state index < -0.39 is 12.1 Å². The number of nitrogens with one attached hydrogen (secondary N) is 1. The molecule has 1 aromatic rings. The van der Waals surface area contributed by atoms with Gasteiger partial charge in [0.25, 0.3) is 0 Å². The maximum atomic E-state index is 12.1. The molecular weight excluding hydrogens is 247 g/mol. The first-order valence-corrected chi connectivity index (χ1v) is 5.58. The van der Waals surface area contributed by atoms with Crippen molar-refractivity contribution in [2.75, 3.05) is 5.32 Å². The molecule has 0 bridgehead atoms. The Kier molecular flexibility index (Phi) is 3.45. The molecular formula is C12H12F3NO2. The lowest BCUT2D eigenvalue weighted by Gasteiger charge is -2.13. The van der Waals surface area contributed by atoms with E-state index in [4.69, 9.17) is 0 Å². The van der Waals surface area contributed by atoms with Crippen LogP contribution in [0.15, 0.2) is 24.3 Å². The van der Waals surface area contributed by atoms with Crippen LogP contribution in [0.25, 0.3) is 0 Å². The second kappa shape index (κ2) is 4.88. The second-order valence-corrected chi connectivity index (χ2v) is 4.24. The number of hydrogen-bond donors (Lipinski definition) is 1. The van der Waals surface area contributed by atoms with E-state index in [1.807, 2.05) is 0 Å². The molecule has 2 rings (SSSR count). The average molecular weight is 259 g/mol. The molecule has 1 aromatic carbocycles. The van der Waals surface area contributed by atoms with E-state index in [1.165, 1.54) is 24.3 Å². The number of amides is 1. The molecule has 6 heteroatoms. The minimum atomic E-state index is -4.77. The zero-order chi connectivity index (χ0) is 13.2. The number of alkyl halides is 3. The highest BCUT2D eigenvalue weighted by Gasteiger charge is 2.32. The van der Waals surface area contributed by atoms with Crippen LogP contribution in [0.1, 0.15) is 19.3 Å². The van der Waals surface area contributed by atoms with Crippen molar-refractivity contribution in [3.8, 4) is 5.75 Å². The molecule has 0 saturated heterocycles. The molecule has 1 saturated carbocycles. The maximum Gasteiger partial charge on any atom is 0.573 e. The zero-order valence-electron chi connectivity index (χ0n) is 9.46. The van der Waals surface area contributed by atoms with Gasteiger partial charge in [-0.1, -0.05) is 12.1 Å². The third-order valence-corrected chi connectivity index (χ3v) is 2.56. The van der Waals surface area contributed by atoms with Gasteiger partial charge in [0.2, 0.25) is 5.91 Å². The number of halogens is 3. The molecule has 1 amide bonds. The molecule has 1 N–H and O–H groups in total. The first-order valence-electron chi connectivity index (χ1n) is 5.58. The van der Waals surface area contributed by atoms with Crippen molar-refractivity contribution in [3.05, 3.63) is 24.3 Å². The van der Waals surface area contributed by atoms with Crippen LogP contribution in [0.4, 0.5) is 18.9 Å². The van der Waals surface area contributed by atoms with Gasteiger partial charge in [0, 0.05) is 6.42 Å². The smallest absolute Gasteiger partial charge is 0.404 e. The van der Waals surface area contributed by atoms with Crippen LogP contribution in [0.3, 0.4) is 0 Å². The SMILES string of the molecule is O=C(CC1CC1)Nc1ccccc1OC(F)(F)F. The second-order valence-electron chi connectivity index (χ2n) is 4.24. The molecule has 1 aliphatic carbocycles. The Morgan fingerprint density at radius 3 is 2.61 bits per heavy atom. The first-order chi connectivity index (χ1) is 8.44. The summed E-state index contributed by atoms with van der Waals surface area (Å²) in [5.41, 5.74) is 0.0421. The number of ether oxygens (including phenoxy) is 1. The van der Waals surface area contributed by atoms with E-state index in [0.29, 0.717) is 12.3 Å². The third kappa shape index (κ3) is 3.94. The van der Waals surface area contributed by atoms with Gasteiger partial charge in [0.1, 0.15) is 0 Å². The highest BCUT2D eigenvalue weighted by Crippen LogP contribution is 2.34. The van der Waals surface area contributed by atoms with Gasteiger partial charge >= 0.3 is 6.36 Å². The van der Waals surface area contributed by atoms with Crippen LogP contribution >= 0.6 is 0 Å². The lowest BCUT2D eigenvalue weighted by Crippen LogP contribution is -2.19. The molecule has 0 aliphatic heterocycles. The number of para-hydroxylation sites is 2. The lowest BCUT2D eigenvalue weighted by atomic mass is 10.2. The summed E-state index contributed by atoms with van der Waals surface area (Å²) in [6.07, 6.45) is -2.40. The summed E-state index contributed by atoms with van der Waals surface area (Å²) >= 11 is 0. The number of carbonyl (C=O) groups excluding carboxylic acids is 1. The fourth-order valence-electron chi connectivity index (χ4n) is 1.57. The van der Waals surface area contributed by atoms with Gasteiger partial charge in [-0.25, -0.2) is 0 Å².